The first kappa shape index (κ1) is 35.7. The number of furan rings is 2. The third-order valence-electron chi connectivity index (χ3n) is 13.0. The van der Waals surface area contributed by atoms with Crippen LogP contribution in [0, 0.1) is 0 Å². The second-order valence-corrected chi connectivity index (χ2v) is 16.7. The lowest BCUT2D eigenvalue weighted by atomic mass is 10.0. The zero-order chi connectivity index (χ0) is 42.6. The molecule has 0 bridgehead atoms. The van der Waals surface area contributed by atoms with E-state index in [2.05, 4.69) is 180 Å². The van der Waals surface area contributed by atoms with Crippen molar-refractivity contribution in [3.05, 3.63) is 206 Å². The predicted molar refractivity (Wildman–Crippen MR) is 265 cm³/mol. The summed E-state index contributed by atoms with van der Waals surface area (Å²) in [5, 5.41) is 11.0. The number of benzene rings is 10. The molecular weight excluding hydrogens is 797 g/mol. The Kier molecular flexibility index (Phi) is 7.59. The van der Waals surface area contributed by atoms with Gasteiger partial charge >= 0.3 is 0 Å². The third-order valence-corrected chi connectivity index (χ3v) is 13.0. The quantitative estimate of drug-likeness (QED) is 0.173. The average molecular weight is 831 g/mol. The summed E-state index contributed by atoms with van der Waals surface area (Å²) in [7, 11) is 0. The van der Waals surface area contributed by atoms with Crippen molar-refractivity contribution >= 4 is 87.2 Å². The lowest BCUT2D eigenvalue weighted by Crippen LogP contribution is -2.04. The average Bonchev–Trinajstić information content (AvgIpc) is 4.04. The van der Waals surface area contributed by atoms with E-state index in [1.165, 1.54) is 5.39 Å². The maximum Gasteiger partial charge on any atom is 0.167 e. The van der Waals surface area contributed by atoms with Gasteiger partial charge in [-0.25, -0.2) is 15.0 Å². The molecule has 0 spiro atoms. The van der Waals surface area contributed by atoms with Crippen LogP contribution in [0.25, 0.3) is 138 Å². The second-order valence-electron chi connectivity index (χ2n) is 16.7. The van der Waals surface area contributed by atoms with E-state index in [1.54, 1.807) is 0 Å². The molecule has 0 amide bonds. The van der Waals surface area contributed by atoms with E-state index in [0.29, 0.717) is 17.5 Å². The molecule has 0 saturated heterocycles. The van der Waals surface area contributed by atoms with Gasteiger partial charge in [0, 0.05) is 43.4 Å². The number of hydrogen-bond acceptors (Lipinski definition) is 5. The Bertz CT molecular complexity index is 4240. The summed E-state index contributed by atoms with van der Waals surface area (Å²) in [6, 6.07) is 72.1. The van der Waals surface area contributed by atoms with Crippen molar-refractivity contribution in [2.45, 2.75) is 0 Å². The molecule has 6 heteroatoms. The zero-order valence-electron chi connectivity index (χ0n) is 34.7. The number of fused-ring (bicyclic) bond motifs is 11. The van der Waals surface area contributed by atoms with Crippen LogP contribution in [-0.2, 0) is 0 Å². The lowest BCUT2D eigenvalue weighted by molar-refractivity contribution is 0.667. The summed E-state index contributed by atoms with van der Waals surface area (Å²) in [6.07, 6.45) is 0. The molecule has 65 heavy (non-hydrogen) atoms. The highest BCUT2D eigenvalue weighted by molar-refractivity contribution is 6.18. The van der Waals surface area contributed by atoms with E-state index in [1.807, 2.05) is 30.3 Å². The van der Waals surface area contributed by atoms with E-state index in [-0.39, 0.29) is 0 Å². The molecule has 10 aromatic carbocycles. The van der Waals surface area contributed by atoms with Gasteiger partial charge in [-0.3, -0.25) is 0 Å². The van der Waals surface area contributed by atoms with Crippen molar-refractivity contribution in [3.8, 4) is 51.0 Å². The molecule has 0 radical (unpaired) electrons. The normalized spacial score (nSPS) is 12.0. The Morgan fingerprint density at radius 2 is 0.877 bits per heavy atom. The molecule has 14 rings (SSSR count). The maximum atomic E-state index is 7.13. The molecular formula is C59H34N4O2. The Morgan fingerprint density at radius 3 is 1.68 bits per heavy atom. The van der Waals surface area contributed by atoms with E-state index >= 15 is 0 Å². The van der Waals surface area contributed by atoms with Crippen LogP contribution in [0.15, 0.2) is 215 Å². The van der Waals surface area contributed by atoms with E-state index in [9.17, 15) is 0 Å². The van der Waals surface area contributed by atoms with Crippen LogP contribution < -0.4 is 0 Å². The summed E-state index contributed by atoms with van der Waals surface area (Å²) in [4.78, 5) is 16.1. The maximum absolute atomic E-state index is 7.13. The van der Waals surface area contributed by atoms with Gasteiger partial charge in [0.25, 0.3) is 0 Å². The highest BCUT2D eigenvalue weighted by Crippen LogP contribution is 2.45. The molecule has 6 nitrogen and oxygen atoms in total. The molecule has 0 aliphatic carbocycles. The van der Waals surface area contributed by atoms with Crippen molar-refractivity contribution in [2.75, 3.05) is 0 Å². The molecule has 14 aromatic rings. The van der Waals surface area contributed by atoms with Gasteiger partial charge < -0.3 is 13.4 Å². The minimum Gasteiger partial charge on any atom is -0.455 e. The van der Waals surface area contributed by atoms with Crippen molar-refractivity contribution in [2.24, 2.45) is 0 Å². The summed E-state index contributed by atoms with van der Waals surface area (Å²) >= 11 is 0. The van der Waals surface area contributed by atoms with Gasteiger partial charge in [-0.1, -0.05) is 152 Å². The van der Waals surface area contributed by atoms with Crippen LogP contribution in [0.2, 0.25) is 0 Å². The molecule has 302 valence electrons. The molecule has 0 aliphatic rings. The summed E-state index contributed by atoms with van der Waals surface area (Å²) in [5.41, 5.74) is 10.8. The lowest BCUT2D eigenvalue weighted by Gasteiger charge is -2.15. The van der Waals surface area contributed by atoms with Crippen molar-refractivity contribution in [1.29, 1.82) is 0 Å². The molecule has 0 fully saturated rings. The van der Waals surface area contributed by atoms with Crippen LogP contribution in [0.3, 0.4) is 0 Å². The molecule has 0 saturated carbocycles. The Balaban J connectivity index is 1.10. The van der Waals surface area contributed by atoms with Crippen molar-refractivity contribution in [1.82, 2.24) is 19.5 Å². The van der Waals surface area contributed by atoms with Crippen LogP contribution in [0.4, 0.5) is 0 Å². The summed E-state index contributed by atoms with van der Waals surface area (Å²) < 4.78 is 16.1. The van der Waals surface area contributed by atoms with Gasteiger partial charge in [0.05, 0.1) is 16.6 Å². The number of nitrogens with zero attached hydrogens (tertiary/aromatic N) is 4. The SMILES string of the molecule is c1ccc(-c2ccc(-c3nc(-c4ccc5c(oc6cc7ccccc7cc65)c4-n4c5ccccc5c5cc6ccccc6cc54)nc(-c4cccc5c4oc4ccccc45)n3)cc2)cc1. The standard InChI is InChI=1S/C59H34N4O2/c1-2-13-35(14-3-1)36-25-27-37(28-26-36)57-60-58(62-59(61-57)47-22-12-21-44-43-20-9-11-24-52(43)64-55(44)47)46-30-29-45-49-32-39-16-5-7-18-41(39)34-53(49)65-56(45)54(46)63-50-23-10-8-19-42(50)48-31-38-15-4-6-17-40(38)33-51(48)63/h1-34H. The smallest absolute Gasteiger partial charge is 0.167 e. The molecule has 4 heterocycles. The van der Waals surface area contributed by atoms with Crippen molar-refractivity contribution < 1.29 is 8.83 Å². The highest BCUT2D eigenvalue weighted by atomic mass is 16.3. The Labute approximate surface area is 371 Å². The van der Waals surface area contributed by atoms with Crippen LogP contribution >= 0.6 is 0 Å². The molecule has 0 unspecified atom stereocenters. The van der Waals surface area contributed by atoms with Crippen LogP contribution in [-0.4, -0.2) is 19.5 Å². The first-order valence-corrected chi connectivity index (χ1v) is 21.8. The minimum atomic E-state index is 0.511. The Morgan fingerprint density at radius 1 is 0.308 bits per heavy atom. The summed E-state index contributed by atoms with van der Waals surface area (Å²) in [6.45, 7) is 0. The molecule has 0 atom stereocenters. The van der Waals surface area contributed by atoms with Gasteiger partial charge in [-0.2, -0.15) is 0 Å². The predicted octanol–water partition coefficient (Wildman–Crippen LogP) is 15.7. The van der Waals surface area contributed by atoms with Gasteiger partial charge in [0.1, 0.15) is 22.4 Å². The van der Waals surface area contributed by atoms with Crippen LogP contribution in [0.5, 0.6) is 0 Å². The van der Waals surface area contributed by atoms with Crippen LogP contribution in [0.1, 0.15) is 0 Å². The molecule has 0 aliphatic heterocycles. The summed E-state index contributed by atoms with van der Waals surface area (Å²) in [5.74, 6) is 1.57. The first-order chi connectivity index (χ1) is 32.2. The fourth-order valence-corrected chi connectivity index (χ4v) is 9.92. The molecule has 4 aromatic heterocycles. The second kappa shape index (κ2) is 13.8. The van der Waals surface area contributed by atoms with Gasteiger partial charge in [0.15, 0.2) is 23.1 Å². The van der Waals surface area contributed by atoms with E-state index in [4.69, 9.17) is 23.8 Å². The van der Waals surface area contributed by atoms with Gasteiger partial charge in [-0.15, -0.1) is 0 Å². The largest absolute Gasteiger partial charge is 0.455 e. The fourth-order valence-electron chi connectivity index (χ4n) is 9.92. The van der Waals surface area contributed by atoms with Gasteiger partial charge in [0.2, 0.25) is 0 Å². The van der Waals surface area contributed by atoms with E-state index in [0.717, 1.165) is 115 Å². The monoisotopic (exact) mass is 830 g/mol. The molecule has 0 N–H and O–H groups in total. The third kappa shape index (κ3) is 5.51. The fraction of sp³-hybridized carbons (Fsp3) is 0. The number of hydrogen-bond donors (Lipinski definition) is 0. The topological polar surface area (TPSA) is 69.9 Å². The number of rotatable bonds is 5. The highest BCUT2D eigenvalue weighted by Gasteiger charge is 2.26. The zero-order valence-corrected chi connectivity index (χ0v) is 34.7. The minimum absolute atomic E-state index is 0.511. The first-order valence-electron chi connectivity index (χ1n) is 21.8. The number of aromatic nitrogens is 4. The van der Waals surface area contributed by atoms with Gasteiger partial charge in [-0.05, 0) is 87.3 Å². The number of para-hydroxylation sites is 3. The Hall–Kier alpha value is -8.87. The van der Waals surface area contributed by atoms with Crippen molar-refractivity contribution in [3.63, 3.8) is 0 Å². The van der Waals surface area contributed by atoms with E-state index < -0.39 is 0 Å².